The molecule has 0 atom stereocenters. The second-order valence-corrected chi connectivity index (χ2v) is 4.38. The Balaban J connectivity index is 3.00. The van der Waals surface area contributed by atoms with E-state index >= 15 is 0 Å². The lowest BCUT2D eigenvalue weighted by molar-refractivity contribution is 0.0746. The minimum absolute atomic E-state index is 0.172. The molecule has 0 aromatic heterocycles. The Morgan fingerprint density at radius 2 is 2.19 bits per heavy atom. The highest BCUT2D eigenvalue weighted by molar-refractivity contribution is 5.45. The number of aliphatic hydroxyl groups excluding tert-OH is 1. The van der Waals surface area contributed by atoms with Gasteiger partial charge in [0.25, 0.3) is 6.43 Å². The van der Waals surface area contributed by atoms with Crippen LogP contribution in [0.1, 0.15) is 11.1 Å². The maximum Gasteiger partial charge on any atom is 0.251 e. The summed E-state index contributed by atoms with van der Waals surface area (Å²) >= 11 is 0. The van der Waals surface area contributed by atoms with E-state index in [0.29, 0.717) is 5.75 Å². The van der Waals surface area contributed by atoms with E-state index in [-0.39, 0.29) is 26.2 Å². The Bertz CT molecular complexity index is 498. The number of halogens is 2. The number of ether oxygens (including phenoxy) is 1. The van der Waals surface area contributed by atoms with Gasteiger partial charge in [0.05, 0.1) is 26.8 Å². The first-order valence-electron chi connectivity index (χ1n) is 6.58. The summed E-state index contributed by atoms with van der Waals surface area (Å²) in [6, 6.07) is 5.29. The van der Waals surface area contributed by atoms with Gasteiger partial charge in [0.15, 0.2) is 0 Å². The van der Waals surface area contributed by atoms with E-state index < -0.39 is 13.0 Å². The van der Waals surface area contributed by atoms with E-state index in [1.54, 1.807) is 18.2 Å². The predicted molar refractivity (Wildman–Crippen MR) is 77.3 cm³/mol. The molecule has 0 unspecified atom stereocenters. The van der Waals surface area contributed by atoms with Crippen molar-refractivity contribution in [1.82, 2.24) is 4.90 Å². The Morgan fingerprint density at radius 3 is 2.76 bits per heavy atom. The second-order valence-electron chi connectivity index (χ2n) is 4.38. The summed E-state index contributed by atoms with van der Waals surface area (Å²) in [7, 11) is 1.54. The van der Waals surface area contributed by atoms with Crippen LogP contribution in [-0.2, 0) is 6.54 Å². The van der Waals surface area contributed by atoms with Gasteiger partial charge >= 0.3 is 0 Å². The second kappa shape index (κ2) is 9.29. The average Bonchev–Trinajstić information content (AvgIpc) is 2.45. The molecule has 1 aromatic carbocycles. The fourth-order valence-electron chi connectivity index (χ4n) is 1.91. The average molecular weight is 298 g/mol. The first kappa shape index (κ1) is 17.4. The van der Waals surface area contributed by atoms with Crippen LogP contribution in [0.15, 0.2) is 18.2 Å². The summed E-state index contributed by atoms with van der Waals surface area (Å²) in [5, 5.41) is 8.98. The highest BCUT2D eigenvalue weighted by Crippen LogP contribution is 2.19. The highest BCUT2D eigenvalue weighted by Gasteiger charge is 2.14. The van der Waals surface area contributed by atoms with Crippen LogP contribution in [0, 0.1) is 11.8 Å². The van der Waals surface area contributed by atoms with Crippen molar-refractivity contribution in [3.8, 4) is 17.6 Å². The van der Waals surface area contributed by atoms with Gasteiger partial charge in [-0.15, -0.1) is 0 Å². The van der Waals surface area contributed by atoms with Crippen molar-refractivity contribution in [2.45, 2.75) is 13.0 Å². The van der Waals surface area contributed by atoms with Crippen LogP contribution in [-0.4, -0.2) is 49.8 Å². The lowest BCUT2D eigenvalue weighted by atomic mass is 10.1. The van der Waals surface area contributed by atoms with E-state index in [0.717, 1.165) is 11.1 Å². The lowest BCUT2D eigenvalue weighted by Gasteiger charge is -2.21. The van der Waals surface area contributed by atoms with Gasteiger partial charge in [-0.2, -0.15) is 0 Å². The molecule has 0 saturated carbocycles. The summed E-state index contributed by atoms with van der Waals surface area (Å²) in [5.41, 5.74) is 6.85. The van der Waals surface area contributed by atoms with Gasteiger partial charge < -0.3 is 15.6 Å². The summed E-state index contributed by atoms with van der Waals surface area (Å²) in [6.07, 6.45) is -2.46. The van der Waals surface area contributed by atoms with Crippen molar-refractivity contribution in [2.75, 3.05) is 33.4 Å². The Hall–Kier alpha value is -1.68. The maximum absolute atomic E-state index is 12.6. The topological polar surface area (TPSA) is 58.7 Å². The molecule has 0 aliphatic rings. The monoisotopic (exact) mass is 298 g/mol. The van der Waals surface area contributed by atoms with E-state index in [9.17, 15) is 8.78 Å². The van der Waals surface area contributed by atoms with Gasteiger partial charge in [-0.1, -0.05) is 11.8 Å². The van der Waals surface area contributed by atoms with E-state index in [4.69, 9.17) is 15.6 Å². The molecule has 1 aromatic rings. The van der Waals surface area contributed by atoms with Crippen LogP contribution in [0.3, 0.4) is 0 Å². The molecule has 0 radical (unpaired) electrons. The standard InChI is InChI=1S/C15H20F2N2O2/c1-21-14-5-4-12(3-2-6-18)13(9-14)10-19(7-8-20)11-15(16)17/h4-5,9,15,20H,6-8,10-11,18H2,1H3. The Kier molecular flexibility index (Phi) is 7.69. The highest BCUT2D eigenvalue weighted by atomic mass is 19.3. The number of methoxy groups -OCH3 is 1. The zero-order chi connectivity index (χ0) is 15.7. The first-order chi connectivity index (χ1) is 10.1. The molecular formula is C15H20F2N2O2. The molecular weight excluding hydrogens is 278 g/mol. The number of nitrogens with two attached hydrogens (primary N) is 1. The molecule has 3 N–H and O–H groups in total. The third kappa shape index (κ3) is 6.08. The SMILES string of the molecule is COc1ccc(C#CCN)c(CN(CCO)CC(F)F)c1. The third-order valence-corrected chi connectivity index (χ3v) is 2.84. The van der Waals surface area contributed by atoms with Crippen LogP contribution >= 0.6 is 0 Å². The summed E-state index contributed by atoms with van der Waals surface area (Å²) < 4.78 is 30.3. The molecule has 0 heterocycles. The number of benzene rings is 1. The molecule has 0 bridgehead atoms. The molecule has 0 aliphatic carbocycles. The molecule has 0 spiro atoms. The van der Waals surface area contributed by atoms with Crippen LogP contribution < -0.4 is 10.5 Å². The molecule has 1 rings (SSSR count). The molecule has 116 valence electrons. The van der Waals surface area contributed by atoms with Crippen LogP contribution in [0.4, 0.5) is 8.78 Å². The van der Waals surface area contributed by atoms with Crippen molar-refractivity contribution in [3.63, 3.8) is 0 Å². The number of hydrogen-bond acceptors (Lipinski definition) is 4. The van der Waals surface area contributed by atoms with E-state index in [2.05, 4.69) is 11.8 Å². The number of alkyl halides is 2. The van der Waals surface area contributed by atoms with Crippen LogP contribution in [0.25, 0.3) is 0 Å². The third-order valence-electron chi connectivity index (χ3n) is 2.84. The molecule has 0 fully saturated rings. The van der Waals surface area contributed by atoms with Gasteiger partial charge in [0.2, 0.25) is 0 Å². The minimum Gasteiger partial charge on any atom is -0.497 e. The van der Waals surface area contributed by atoms with Crippen molar-refractivity contribution < 1.29 is 18.6 Å². The zero-order valence-corrected chi connectivity index (χ0v) is 12.0. The van der Waals surface area contributed by atoms with Crippen molar-refractivity contribution in [3.05, 3.63) is 29.3 Å². The first-order valence-corrected chi connectivity index (χ1v) is 6.58. The lowest BCUT2D eigenvalue weighted by Crippen LogP contribution is -2.31. The normalized spacial score (nSPS) is 10.6. The molecule has 0 saturated heterocycles. The Labute approximate surface area is 123 Å². The quantitative estimate of drug-likeness (QED) is 0.739. The van der Waals surface area contributed by atoms with Crippen LogP contribution in [0.2, 0.25) is 0 Å². The van der Waals surface area contributed by atoms with Crippen LogP contribution in [0.5, 0.6) is 5.75 Å². The molecule has 0 amide bonds. The van der Waals surface area contributed by atoms with Crippen molar-refractivity contribution >= 4 is 0 Å². The van der Waals surface area contributed by atoms with Crippen molar-refractivity contribution in [2.24, 2.45) is 5.73 Å². The number of hydrogen-bond donors (Lipinski definition) is 2. The number of aliphatic hydroxyl groups is 1. The van der Waals surface area contributed by atoms with Gasteiger partial charge in [0, 0.05) is 18.7 Å². The smallest absolute Gasteiger partial charge is 0.251 e. The van der Waals surface area contributed by atoms with Gasteiger partial charge in [0.1, 0.15) is 5.75 Å². The van der Waals surface area contributed by atoms with Crippen molar-refractivity contribution in [1.29, 1.82) is 0 Å². The minimum atomic E-state index is -2.46. The van der Waals surface area contributed by atoms with Gasteiger partial charge in [-0.25, -0.2) is 8.78 Å². The fourth-order valence-corrected chi connectivity index (χ4v) is 1.91. The predicted octanol–water partition coefficient (Wildman–Crippen LogP) is 1.06. The zero-order valence-electron chi connectivity index (χ0n) is 12.0. The number of nitrogens with zero attached hydrogens (tertiary/aromatic N) is 1. The largest absolute Gasteiger partial charge is 0.497 e. The van der Waals surface area contributed by atoms with E-state index in [1.807, 2.05) is 0 Å². The Morgan fingerprint density at radius 1 is 1.43 bits per heavy atom. The summed E-state index contributed by atoms with van der Waals surface area (Å²) in [4.78, 5) is 1.48. The fraction of sp³-hybridized carbons (Fsp3) is 0.467. The molecule has 6 heteroatoms. The number of rotatable bonds is 7. The summed E-state index contributed by atoms with van der Waals surface area (Å²) in [6.45, 7) is 0.0763. The maximum atomic E-state index is 12.6. The summed E-state index contributed by atoms with van der Waals surface area (Å²) in [5.74, 6) is 6.30. The van der Waals surface area contributed by atoms with Gasteiger partial charge in [-0.05, 0) is 23.8 Å². The molecule has 21 heavy (non-hydrogen) atoms. The molecule has 0 aliphatic heterocycles. The molecule has 4 nitrogen and oxygen atoms in total. The van der Waals surface area contributed by atoms with E-state index in [1.165, 1.54) is 12.0 Å². The van der Waals surface area contributed by atoms with Gasteiger partial charge in [-0.3, -0.25) is 4.90 Å².